The van der Waals surface area contributed by atoms with Crippen LogP contribution in [0.5, 0.6) is 0 Å². The predicted molar refractivity (Wildman–Crippen MR) is 66.7 cm³/mol. The third kappa shape index (κ3) is 4.95. The molecule has 1 N–H and O–H groups in total. The lowest BCUT2D eigenvalue weighted by atomic mass is 10.0. The van der Waals surface area contributed by atoms with Crippen molar-refractivity contribution >= 4 is 8.07 Å². The molecule has 1 fully saturated rings. The maximum Gasteiger partial charge on any atom is 0.0838 e. The Labute approximate surface area is 94.3 Å². The van der Waals surface area contributed by atoms with E-state index in [1.807, 2.05) is 0 Å². The highest BCUT2D eigenvalue weighted by Crippen LogP contribution is 2.21. The molecule has 0 aromatic carbocycles. The molecule has 0 aromatic heterocycles. The van der Waals surface area contributed by atoms with E-state index in [-0.39, 0.29) is 12.2 Å². The van der Waals surface area contributed by atoms with E-state index in [1.165, 1.54) is 5.57 Å². The van der Waals surface area contributed by atoms with E-state index in [4.69, 9.17) is 4.74 Å². The number of hydrogen-bond donors (Lipinski definition) is 1. The third-order valence-electron chi connectivity index (χ3n) is 2.60. The van der Waals surface area contributed by atoms with Crippen LogP contribution in [0, 0.1) is 0 Å². The molecule has 1 saturated heterocycles. The van der Waals surface area contributed by atoms with Crippen molar-refractivity contribution in [1.29, 1.82) is 0 Å². The smallest absolute Gasteiger partial charge is 0.0838 e. The molecule has 1 rings (SSSR count). The van der Waals surface area contributed by atoms with Crippen LogP contribution in [0.2, 0.25) is 19.6 Å². The largest absolute Gasteiger partial charge is 0.390 e. The van der Waals surface area contributed by atoms with E-state index in [2.05, 4.69) is 32.3 Å². The van der Waals surface area contributed by atoms with Crippen molar-refractivity contribution in [2.24, 2.45) is 0 Å². The molecule has 0 spiro atoms. The van der Waals surface area contributed by atoms with E-state index in [9.17, 15) is 5.11 Å². The second-order valence-corrected chi connectivity index (χ2v) is 10.7. The normalized spacial score (nSPS) is 25.7. The number of rotatable bonds is 4. The molecule has 3 heteroatoms. The molecule has 1 aliphatic rings. The van der Waals surface area contributed by atoms with Gasteiger partial charge in [0.05, 0.1) is 20.3 Å². The summed E-state index contributed by atoms with van der Waals surface area (Å²) in [6.45, 7) is 9.88. The highest BCUT2D eigenvalue weighted by atomic mass is 28.3. The maximum absolute atomic E-state index is 9.97. The number of aliphatic hydroxyl groups excluding tert-OH is 1. The van der Waals surface area contributed by atoms with Crippen LogP contribution in [0.3, 0.4) is 0 Å². The van der Waals surface area contributed by atoms with Crippen LogP contribution < -0.4 is 0 Å². The molecule has 88 valence electrons. The molecule has 0 bridgehead atoms. The van der Waals surface area contributed by atoms with Gasteiger partial charge in [0.15, 0.2) is 0 Å². The minimum atomic E-state index is -1.14. The van der Waals surface area contributed by atoms with Crippen molar-refractivity contribution in [3.8, 4) is 0 Å². The minimum absolute atomic E-state index is 0.0787. The molecule has 0 radical (unpaired) electrons. The zero-order valence-electron chi connectivity index (χ0n) is 10.4. The summed E-state index contributed by atoms with van der Waals surface area (Å²) >= 11 is 0. The first-order chi connectivity index (χ1) is 6.88. The van der Waals surface area contributed by atoms with Gasteiger partial charge >= 0.3 is 0 Å². The van der Waals surface area contributed by atoms with Crippen molar-refractivity contribution in [1.82, 2.24) is 0 Å². The highest BCUT2D eigenvalue weighted by Gasteiger charge is 2.24. The monoisotopic (exact) mass is 228 g/mol. The van der Waals surface area contributed by atoms with E-state index < -0.39 is 8.07 Å². The van der Waals surface area contributed by atoms with Crippen molar-refractivity contribution in [2.75, 3.05) is 6.61 Å². The Morgan fingerprint density at radius 3 is 2.67 bits per heavy atom. The standard InChI is InChI=1S/C12H24O2Si/c1-10(9-15(2,3)4)8-11(13)12-6-5-7-14-12/h9,11-13H,5-8H2,1-4H3/b10-9+/t11-,12-/m0/s1. The van der Waals surface area contributed by atoms with Gasteiger partial charge in [0.1, 0.15) is 0 Å². The molecule has 2 atom stereocenters. The summed E-state index contributed by atoms with van der Waals surface area (Å²) in [6, 6.07) is 0. The number of ether oxygens (including phenoxy) is 1. The fourth-order valence-corrected chi connectivity index (χ4v) is 3.76. The van der Waals surface area contributed by atoms with Gasteiger partial charge in [0.25, 0.3) is 0 Å². The lowest BCUT2D eigenvalue weighted by Crippen LogP contribution is -2.26. The summed E-state index contributed by atoms with van der Waals surface area (Å²) in [5, 5.41) is 9.97. The second kappa shape index (κ2) is 5.28. The van der Waals surface area contributed by atoms with Crippen LogP contribution in [0.15, 0.2) is 11.3 Å². The number of aliphatic hydroxyl groups is 1. The molecule has 1 aliphatic heterocycles. The average molecular weight is 228 g/mol. The molecule has 0 unspecified atom stereocenters. The average Bonchev–Trinajstić information content (AvgIpc) is 2.50. The van der Waals surface area contributed by atoms with Gasteiger partial charge in [0.2, 0.25) is 0 Å². The first kappa shape index (κ1) is 12.9. The first-order valence-corrected chi connectivity index (χ1v) is 9.44. The Morgan fingerprint density at radius 2 is 2.20 bits per heavy atom. The van der Waals surface area contributed by atoms with Crippen molar-refractivity contribution in [3.63, 3.8) is 0 Å². The minimum Gasteiger partial charge on any atom is -0.390 e. The zero-order chi connectivity index (χ0) is 11.5. The summed E-state index contributed by atoms with van der Waals surface area (Å²) < 4.78 is 5.48. The van der Waals surface area contributed by atoms with Gasteiger partial charge < -0.3 is 9.84 Å². The molecule has 0 saturated carbocycles. The molecule has 0 aliphatic carbocycles. The SMILES string of the molecule is C/C(=C\[Si](C)(C)C)C[C@H](O)[C@@H]1CCCO1. The fraction of sp³-hybridized carbons (Fsp3) is 0.833. The van der Waals surface area contributed by atoms with Crippen LogP contribution in [0.4, 0.5) is 0 Å². The Morgan fingerprint density at radius 1 is 1.53 bits per heavy atom. The van der Waals surface area contributed by atoms with Gasteiger partial charge in [-0.3, -0.25) is 0 Å². The quantitative estimate of drug-likeness (QED) is 0.750. The summed E-state index contributed by atoms with van der Waals surface area (Å²) in [4.78, 5) is 0. The summed E-state index contributed by atoms with van der Waals surface area (Å²) in [6.07, 6.45) is 2.66. The molecular formula is C12H24O2Si. The lowest BCUT2D eigenvalue weighted by Gasteiger charge is -2.19. The van der Waals surface area contributed by atoms with Gasteiger partial charge in [-0.25, -0.2) is 0 Å². The zero-order valence-corrected chi connectivity index (χ0v) is 11.4. The van der Waals surface area contributed by atoms with Gasteiger partial charge in [-0.1, -0.05) is 30.9 Å². The molecule has 2 nitrogen and oxygen atoms in total. The van der Waals surface area contributed by atoms with Crippen molar-refractivity contribution < 1.29 is 9.84 Å². The van der Waals surface area contributed by atoms with Crippen LogP contribution >= 0.6 is 0 Å². The van der Waals surface area contributed by atoms with Crippen LogP contribution in [0.1, 0.15) is 26.2 Å². The van der Waals surface area contributed by atoms with Crippen LogP contribution in [-0.2, 0) is 4.74 Å². The number of hydrogen-bond acceptors (Lipinski definition) is 2. The van der Waals surface area contributed by atoms with Crippen LogP contribution in [-0.4, -0.2) is 32.0 Å². The van der Waals surface area contributed by atoms with Crippen molar-refractivity contribution in [2.45, 2.75) is 58.0 Å². The van der Waals surface area contributed by atoms with Crippen molar-refractivity contribution in [3.05, 3.63) is 11.3 Å². The van der Waals surface area contributed by atoms with Gasteiger partial charge in [-0.05, 0) is 26.2 Å². The Kier molecular flexibility index (Phi) is 4.56. The van der Waals surface area contributed by atoms with E-state index >= 15 is 0 Å². The molecule has 0 aromatic rings. The third-order valence-corrected chi connectivity index (χ3v) is 3.96. The fourth-order valence-electron chi connectivity index (χ4n) is 2.17. The highest BCUT2D eigenvalue weighted by molar-refractivity contribution is 6.81. The Bertz CT molecular complexity index is 224. The molecule has 1 heterocycles. The topological polar surface area (TPSA) is 29.5 Å². The summed E-state index contributed by atoms with van der Waals surface area (Å²) in [5.41, 5.74) is 3.68. The lowest BCUT2D eigenvalue weighted by molar-refractivity contribution is -0.000708. The maximum atomic E-state index is 9.97. The Hall–Kier alpha value is -0.123. The first-order valence-electron chi connectivity index (χ1n) is 5.86. The van der Waals surface area contributed by atoms with Crippen LogP contribution in [0.25, 0.3) is 0 Å². The second-order valence-electron chi connectivity index (χ2n) is 5.68. The van der Waals surface area contributed by atoms with E-state index in [0.717, 1.165) is 25.9 Å². The summed E-state index contributed by atoms with van der Waals surface area (Å²) in [5.74, 6) is 0. The van der Waals surface area contributed by atoms with Gasteiger partial charge in [-0.15, -0.1) is 0 Å². The Balaban J connectivity index is 2.43. The van der Waals surface area contributed by atoms with Gasteiger partial charge in [0, 0.05) is 6.61 Å². The van der Waals surface area contributed by atoms with E-state index in [0.29, 0.717) is 0 Å². The van der Waals surface area contributed by atoms with E-state index in [1.54, 1.807) is 0 Å². The molecule has 0 amide bonds. The van der Waals surface area contributed by atoms with Gasteiger partial charge in [-0.2, -0.15) is 0 Å². The molecular weight excluding hydrogens is 204 g/mol. The molecule has 15 heavy (non-hydrogen) atoms. The predicted octanol–water partition coefficient (Wildman–Crippen LogP) is 2.74. The summed E-state index contributed by atoms with van der Waals surface area (Å²) in [7, 11) is -1.14.